The molecule has 96 valence electrons. The van der Waals surface area contributed by atoms with E-state index in [4.69, 9.17) is 5.73 Å². The average molecular weight is 236 g/mol. The lowest BCUT2D eigenvalue weighted by Gasteiger charge is -2.33. The molecule has 0 aromatic carbocycles. The van der Waals surface area contributed by atoms with Gasteiger partial charge in [-0.15, -0.1) is 0 Å². The predicted octanol–water partition coefficient (Wildman–Crippen LogP) is 1.43. The van der Waals surface area contributed by atoms with Crippen LogP contribution >= 0.6 is 0 Å². The first-order valence-corrected chi connectivity index (χ1v) is 6.51. The molecule has 0 amide bonds. The summed E-state index contributed by atoms with van der Waals surface area (Å²) in [5.41, 5.74) is 8.43. The Kier molecular flexibility index (Phi) is 3.84. The predicted molar refractivity (Wildman–Crippen MR) is 69.6 cm³/mol. The molecule has 0 saturated heterocycles. The molecule has 4 heteroatoms. The van der Waals surface area contributed by atoms with Gasteiger partial charge in [0, 0.05) is 31.9 Å². The van der Waals surface area contributed by atoms with Gasteiger partial charge in [-0.05, 0) is 45.2 Å². The van der Waals surface area contributed by atoms with E-state index in [2.05, 4.69) is 30.2 Å². The van der Waals surface area contributed by atoms with E-state index >= 15 is 0 Å². The van der Waals surface area contributed by atoms with Crippen LogP contribution in [0.15, 0.2) is 6.20 Å². The summed E-state index contributed by atoms with van der Waals surface area (Å²) >= 11 is 0. The lowest BCUT2D eigenvalue weighted by molar-refractivity contribution is 0.174. The molecule has 0 unspecified atom stereocenters. The quantitative estimate of drug-likeness (QED) is 0.863. The Hall–Kier alpha value is -0.870. The minimum Gasteiger partial charge on any atom is -0.328 e. The summed E-state index contributed by atoms with van der Waals surface area (Å²) in [5, 5.41) is 4.51. The van der Waals surface area contributed by atoms with Gasteiger partial charge in [0.25, 0.3) is 0 Å². The average Bonchev–Trinajstić information content (AvgIpc) is 2.58. The summed E-state index contributed by atoms with van der Waals surface area (Å²) in [6, 6.07) is 1.10. The Labute approximate surface area is 104 Å². The monoisotopic (exact) mass is 236 g/mol. The van der Waals surface area contributed by atoms with Gasteiger partial charge in [-0.1, -0.05) is 0 Å². The van der Waals surface area contributed by atoms with Crippen molar-refractivity contribution in [2.24, 2.45) is 12.8 Å². The maximum atomic E-state index is 5.94. The lowest BCUT2D eigenvalue weighted by atomic mass is 9.91. The zero-order valence-corrected chi connectivity index (χ0v) is 11.2. The van der Waals surface area contributed by atoms with Gasteiger partial charge in [0.15, 0.2) is 0 Å². The van der Waals surface area contributed by atoms with Crippen LogP contribution in [-0.4, -0.2) is 33.8 Å². The maximum Gasteiger partial charge on any atom is 0.0793 e. The second kappa shape index (κ2) is 5.19. The first kappa shape index (κ1) is 12.6. The SMILES string of the molecule is Cc1cn(C)nc1CN(C)C1CCC(N)CC1. The second-order valence-electron chi connectivity index (χ2n) is 5.42. The van der Waals surface area contributed by atoms with Crippen LogP contribution in [0.5, 0.6) is 0 Å². The molecule has 1 saturated carbocycles. The topological polar surface area (TPSA) is 47.1 Å². The van der Waals surface area contributed by atoms with Gasteiger partial charge < -0.3 is 5.73 Å². The number of rotatable bonds is 3. The van der Waals surface area contributed by atoms with E-state index in [1.165, 1.54) is 24.1 Å². The fourth-order valence-electron chi connectivity index (χ4n) is 2.72. The Morgan fingerprint density at radius 2 is 2.06 bits per heavy atom. The van der Waals surface area contributed by atoms with Crippen molar-refractivity contribution < 1.29 is 0 Å². The summed E-state index contributed by atoms with van der Waals surface area (Å²) in [6.45, 7) is 3.08. The molecular formula is C13H24N4. The van der Waals surface area contributed by atoms with Crippen LogP contribution < -0.4 is 5.73 Å². The maximum absolute atomic E-state index is 5.94. The smallest absolute Gasteiger partial charge is 0.0793 e. The van der Waals surface area contributed by atoms with Crippen molar-refractivity contribution in [1.29, 1.82) is 0 Å². The van der Waals surface area contributed by atoms with E-state index in [0.717, 1.165) is 19.4 Å². The molecule has 0 aliphatic heterocycles. The van der Waals surface area contributed by atoms with Crippen molar-refractivity contribution in [3.05, 3.63) is 17.5 Å². The van der Waals surface area contributed by atoms with Crippen LogP contribution in [0.25, 0.3) is 0 Å². The minimum atomic E-state index is 0.427. The molecule has 2 rings (SSSR count). The van der Waals surface area contributed by atoms with Crippen molar-refractivity contribution >= 4 is 0 Å². The van der Waals surface area contributed by atoms with Crippen molar-refractivity contribution in [1.82, 2.24) is 14.7 Å². The number of aryl methyl sites for hydroxylation is 2. The van der Waals surface area contributed by atoms with Crippen molar-refractivity contribution in [2.45, 2.75) is 51.2 Å². The molecule has 0 radical (unpaired) electrons. The number of nitrogens with zero attached hydrogens (tertiary/aromatic N) is 3. The van der Waals surface area contributed by atoms with Crippen LogP contribution in [0.1, 0.15) is 36.9 Å². The third-order valence-corrected chi connectivity index (χ3v) is 3.88. The molecule has 0 spiro atoms. The fourth-order valence-corrected chi connectivity index (χ4v) is 2.72. The van der Waals surface area contributed by atoms with Crippen LogP contribution in [-0.2, 0) is 13.6 Å². The van der Waals surface area contributed by atoms with Gasteiger partial charge in [0.1, 0.15) is 0 Å². The van der Waals surface area contributed by atoms with Crippen LogP contribution in [0.3, 0.4) is 0 Å². The van der Waals surface area contributed by atoms with Gasteiger partial charge in [0.05, 0.1) is 5.69 Å². The molecule has 1 aromatic rings. The molecule has 1 aromatic heterocycles. The molecule has 0 bridgehead atoms. The first-order chi connectivity index (χ1) is 8.06. The zero-order valence-electron chi connectivity index (χ0n) is 11.2. The number of nitrogens with two attached hydrogens (primary N) is 1. The zero-order chi connectivity index (χ0) is 12.4. The molecule has 1 heterocycles. The Morgan fingerprint density at radius 1 is 1.41 bits per heavy atom. The van der Waals surface area contributed by atoms with E-state index in [-0.39, 0.29) is 0 Å². The highest BCUT2D eigenvalue weighted by Gasteiger charge is 2.22. The van der Waals surface area contributed by atoms with E-state index in [0.29, 0.717) is 12.1 Å². The summed E-state index contributed by atoms with van der Waals surface area (Å²) < 4.78 is 1.90. The highest BCUT2D eigenvalue weighted by Crippen LogP contribution is 2.22. The van der Waals surface area contributed by atoms with E-state index in [9.17, 15) is 0 Å². The second-order valence-corrected chi connectivity index (χ2v) is 5.42. The van der Waals surface area contributed by atoms with Gasteiger partial charge in [-0.3, -0.25) is 9.58 Å². The highest BCUT2D eigenvalue weighted by molar-refractivity contribution is 5.14. The van der Waals surface area contributed by atoms with Gasteiger partial charge >= 0.3 is 0 Å². The summed E-state index contributed by atoms with van der Waals surface area (Å²) in [6.07, 6.45) is 6.86. The van der Waals surface area contributed by atoms with Crippen LogP contribution in [0.4, 0.5) is 0 Å². The molecule has 4 nitrogen and oxygen atoms in total. The summed E-state index contributed by atoms with van der Waals surface area (Å²) in [5.74, 6) is 0. The Bertz CT molecular complexity index is 363. The number of aromatic nitrogens is 2. The third kappa shape index (κ3) is 3.07. The Morgan fingerprint density at radius 3 is 2.59 bits per heavy atom. The van der Waals surface area contributed by atoms with Crippen molar-refractivity contribution in [3.8, 4) is 0 Å². The van der Waals surface area contributed by atoms with Crippen LogP contribution in [0.2, 0.25) is 0 Å². The fraction of sp³-hybridized carbons (Fsp3) is 0.769. The Balaban J connectivity index is 1.92. The normalized spacial score (nSPS) is 25.5. The number of hydrogen-bond acceptors (Lipinski definition) is 3. The molecule has 1 aliphatic carbocycles. The van der Waals surface area contributed by atoms with E-state index in [1.807, 2.05) is 11.7 Å². The lowest BCUT2D eigenvalue weighted by Crippen LogP contribution is -2.38. The molecule has 1 fully saturated rings. The highest BCUT2D eigenvalue weighted by atomic mass is 15.3. The summed E-state index contributed by atoms with van der Waals surface area (Å²) in [7, 11) is 4.19. The minimum absolute atomic E-state index is 0.427. The summed E-state index contributed by atoms with van der Waals surface area (Å²) in [4.78, 5) is 2.43. The van der Waals surface area contributed by atoms with Gasteiger partial charge in [-0.2, -0.15) is 5.10 Å². The van der Waals surface area contributed by atoms with Crippen LogP contribution in [0, 0.1) is 6.92 Å². The van der Waals surface area contributed by atoms with Gasteiger partial charge in [0.2, 0.25) is 0 Å². The molecule has 1 aliphatic rings. The standard InChI is InChI=1S/C13H24N4/c1-10-8-17(3)15-13(10)9-16(2)12-6-4-11(14)5-7-12/h8,11-12H,4-7,9,14H2,1-3H3. The van der Waals surface area contributed by atoms with Gasteiger partial charge in [-0.25, -0.2) is 0 Å². The largest absolute Gasteiger partial charge is 0.328 e. The molecule has 17 heavy (non-hydrogen) atoms. The van der Waals surface area contributed by atoms with E-state index in [1.54, 1.807) is 0 Å². The third-order valence-electron chi connectivity index (χ3n) is 3.88. The van der Waals surface area contributed by atoms with Crippen molar-refractivity contribution in [3.63, 3.8) is 0 Å². The first-order valence-electron chi connectivity index (χ1n) is 6.51. The molecular weight excluding hydrogens is 212 g/mol. The molecule has 2 N–H and O–H groups in total. The number of hydrogen-bond donors (Lipinski definition) is 1. The van der Waals surface area contributed by atoms with Crippen molar-refractivity contribution in [2.75, 3.05) is 7.05 Å². The molecule has 0 atom stereocenters. The van der Waals surface area contributed by atoms with E-state index < -0.39 is 0 Å².